The summed E-state index contributed by atoms with van der Waals surface area (Å²) >= 11 is -0.793. The first kappa shape index (κ1) is 18.2. The summed E-state index contributed by atoms with van der Waals surface area (Å²) in [7, 11) is 0. The molecule has 1 rings (SSSR count). The van der Waals surface area contributed by atoms with E-state index >= 15 is 0 Å². The molecule has 3 nitrogen and oxygen atoms in total. The fraction of sp³-hybridized carbons (Fsp3) is 0.385. The van der Waals surface area contributed by atoms with Gasteiger partial charge in [-0.1, -0.05) is 12.1 Å². The standard InChI is InChI=1S/C13H10F5NO2S/c1-2-21-10(20)5-7-3-4-8(12(14)15)11(9(7)6-19)22-13(16,17)18/h3-4,12H,2,5H2,1H3. The van der Waals surface area contributed by atoms with Crippen LogP contribution in [-0.2, 0) is 16.0 Å². The van der Waals surface area contributed by atoms with Crippen molar-refractivity contribution in [1.29, 1.82) is 5.26 Å². The van der Waals surface area contributed by atoms with Crippen molar-refractivity contribution in [3.05, 3.63) is 28.8 Å². The summed E-state index contributed by atoms with van der Waals surface area (Å²) in [6.07, 6.45) is -3.64. The smallest absolute Gasteiger partial charge is 0.446 e. The van der Waals surface area contributed by atoms with Gasteiger partial charge in [-0.25, -0.2) is 8.78 Å². The van der Waals surface area contributed by atoms with Crippen molar-refractivity contribution >= 4 is 17.7 Å². The van der Waals surface area contributed by atoms with Crippen LogP contribution in [0.5, 0.6) is 0 Å². The average molecular weight is 339 g/mol. The Bertz CT molecular complexity index is 595. The molecule has 0 spiro atoms. The summed E-state index contributed by atoms with van der Waals surface area (Å²) in [5, 5.41) is 9.02. The number of nitriles is 1. The van der Waals surface area contributed by atoms with Gasteiger partial charge in [0, 0.05) is 10.5 Å². The van der Waals surface area contributed by atoms with Crippen LogP contribution in [0.15, 0.2) is 17.0 Å². The lowest BCUT2D eigenvalue weighted by Gasteiger charge is -2.15. The molecule has 0 amide bonds. The molecule has 0 aliphatic carbocycles. The lowest BCUT2D eigenvalue weighted by molar-refractivity contribution is -0.142. The first-order chi connectivity index (χ1) is 10.2. The lowest BCUT2D eigenvalue weighted by Crippen LogP contribution is -2.11. The van der Waals surface area contributed by atoms with Gasteiger partial charge in [-0.15, -0.1) is 0 Å². The SMILES string of the molecule is CCOC(=O)Cc1ccc(C(F)F)c(SC(F)(F)F)c1C#N. The highest BCUT2D eigenvalue weighted by Crippen LogP contribution is 2.43. The second-order valence-corrected chi connectivity index (χ2v) is 5.04. The third kappa shape index (κ3) is 4.87. The molecular weight excluding hydrogens is 329 g/mol. The molecule has 22 heavy (non-hydrogen) atoms. The molecule has 0 saturated carbocycles. The van der Waals surface area contributed by atoms with Gasteiger partial charge >= 0.3 is 11.5 Å². The van der Waals surface area contributed by atoms with Gasteiger partial charge in [0.05, 0.1) is 18.6 Å². The molecule has 9 heteroatoms. The van der Waals surface area contributed by atoms with Crippen LogP contribution in [0.2, 0.25) is 0 Å². The van der Waals surface area contributed by atoms with Gasteiger partial charge in [-0.3, -0.25) is 4.79 Å². The third-order valence-corrected chi connectivity index (χ3v) is 3.35. The zero-order valence-corrected chi connectivity index (χ0v) is 12.0. The second-order valence-electron chi connectivity index (χ2n) is 3.96. The maximum atomic E-state index is 12.9. The number of hydrogen-bond donors (Lipinski definition) is 0. The molecule has 0 N–H and O–H groups in total. The van der Waals surface area contributed by atoms with Gasteiger partial charge in [0.2, 0.25) is 0 Å². The number of alkyl halides is 5. The summed E-state index contributed by atoms with van der Waals surface area (Å²) in [5.74, 6) is -0.758. The maximum absolute atomic E-state index is 12.9. The van der Waals surface area contributed by atoms with Crippen LogP contribution in [0.4, 0.5) is 22.0 Å². The molecule has 1 aromatic rings. The number of rotatable bonds is 5. The minimum atomic E-state index is -4.84. The number of benzene rings is 1. The normalized spacial score (nSPS) is 11.4. The summed E-state index contributed by atoms with van der Waals surface area (Å²) in [6, 6.07) is 3.29. The van der Waals surface area contributed by atoms with Crippen molar-refractivity contribution in [2.75, 3.05) is 6.61 Å². The molecule has 0 saturated heterocycles. The number of esters is 1. The summed E-state index contributed by atoms with van der Waals surface area (Å²) in [5.41, 5.74) is -6.41. The summed E-state index contributed by atoms with van der Waals surface area (Å²) in [6.45, 7) is 1.59. The maximum Gasteiger partial charge on any atom is 0.446 e. The van der Waals surface area contributed by atoms with Crippen LogP contribution in [-0.4, -0.2) is 18.1 Å². The summed E-state index contributed by atoms with van der Waals surface area (Å²) < 4.78 is 67.9. The second kappa shape index (κ2) is 7.45. The predicted molar refractivity (Wildman–Crippen MR) is 68.4 cm³/mol. The minimum absolute atomic E-state index is 0.0556. The van der Waals surface area contributed by atoms with E-state index in [1.807, 2.05) is 0 Å². The van der Waals surface area contributed by atoms with E-state index in [1.165, 1.54) is 13.0 Å². The van der Waals surface area contributed by atoms with E-state index in [2.05, 4.69) is 4.74 Å². The largest absolute Gasteiger partial charge is 0.466 e. The molecule has 0 fully saturated rings. The van der Waals surface area contributed by atoms with Gasteiger partial charge in [-0.2, -0.15) is 18.4 Å². The first-order valence-electron chi connectivity index (χ1n) is 5.95. The van der Waals surface area contributed by atoms with Gasteiger partial charge in [0.25, 0.3) is 6.43 Å². The number of ether oxygens (including phenoxy) is 1. The Kier molecular flexibility index (Phi) is 6.17. The number of carbonyl (C=O) groups excluding carboxylic acids is 1. The number of carbonyl (C=O) groups is 1. The van der Waals surface area contributed by atoms with Gasteiger partial charge < -0.3 is 4.74 Å². The van der Waals surface area contributed by atoms with E-state index in [-0.39, 0.29) is 12.2 Å². The first-order valence-corrected chi connectivity index (χ1v) is 6.76. The van der Waals surface area contributed by atoms with Crippen molar-refractivity contribution in [3.63, 3.8) is 0 Å². The highest BCUT2D eigenvalue weighted by Gasteiger charge is 2.34. The third-order valence-electron chi connectivity index (χ3n) is 2.48. The average Bonchev–Trinajstić information content (AvgIpc) is 2.37. The van der Waals surface area contributed by atoms with Crippen LogP contribution in [0.25, 0.3) is 0 Å². The van der Waals surface area contributed by atoms with E-state index in [9.17, 15) is 26.7 Å². The lowest BCUT2D eigenvalue weighted by atomic mass is 10.0. The van der Waals surface area contributed by atoms with E-state index in [0.29, 0.717) is 0 Å². The molecule has 0 aromatic heterocycles. The van der Waals surface area contributed by atoms with Gasteiger partial charge in [0.1, 0.15) is 6.07 Å². The zero-order chi connectivity index (χ0) is 16.9. The quantitative estimate of drug-likeness (QED) is 0.458. The zero-order valence-electron chi connectivity index (χ0n) is 11.2. The molecular formula is C13H10F5NO2S. The predicted octanol–water partition coefficient (Wildman–Crippen LogP) is 4.21. The minimum Gasteiger partial charge on any atom is -0.466 e. The fourth-order valence-electron chi connectivity index (χ4n) is 1.67. The molecule has 1 aromatic carbocycles. The molecule has 0 radical (unpaired) electrons. The van der Waals surface area contributed by atoms with Crippen molar-refractivity contribution in [1.82, 2.24) is 0 Å². The van der Waals surface area contributed by atoms with E-state index < -0.39 is 52.1 Å². The van der Waals surface area contributed by atoms with Crippen molar-refractivity contribution < 1.29 is 31.5 Å². The van der Waals surface area contributed by atoms with Crippen LogP contribution in [0.1, 0.15) is 30.0 Å². The molecule has 0 atom stereocenters. The fourth-order valence-corrected chi connectivity index (χ4v) is 2.46. The number of nitrogens with zero attached hydrogens (tertiary/aromatic N) is 1. The van der Waals surface area contributed by atoms with Crippen molar-refractivity contribution in [3.8, 4) is 6.07 Å². The Morgan fingerprint density at radius 2 is 2.05 bits per heavy atom. The topological polar surface area (TPSA) is 50.1 Å². The molecule has 0 heterocycles. The van der Waals surface area contributed by atoms with Crippen molar-refractivity contribution in [2.24, 2.45) is 0 Å². The molecule has 0 aliphatic rings. The number of halogens is 5. The molecule has 0 aliphatic heterocycles. The monoisotopic (exact) mass is 339 g/mol. The molecule has 0 bridgehead atoms. The highest BCUT2D eigenvalue weighted by molar-refractivity contribution is 8.00. The summed E-state index contributed by atoms with van der Waals surface area (Å²) in [4.78, 5) is 10.5. The van der Waals surface area contributed by atoms with E-state index in [4.69, 9.17) is 5.26 Å². The van der Waals surface area contributed by atoms with Crippen molar-refractivity contribution in [2.45, 2.75) is 30.2 Å². The highest BCUT2D eigenvalue weighted by atomic mass is 32.2. The van der Waals surface area contributed by atoms with E-state index in [1.54, 1.807) is 0 Å². The van der Waals surface area contributed by atoms with Crippen LogP contribution in [0, 0.1) is 11.3 Å². The van der Waals surface area contributed by atoms with Gasteiger partial charge in [-0.05, 0) is 24.2 Å². The Hall–Kier alpha value is -1.82. The number of hydrogen-bond acceptors (Lipinski definition) is 4. The Morgan fingerprint density at radius 1 is 1.41 bits per heavy atom. The van der Waals surface area contributed by atoms with Crippen LogP contribution in [0.3, 0.4) is 0 Å². The Morgan fingerprint density at radius 3 is 2.50 bits per heavy atom. The molecule has 0 unspecified atom stereocenters. The van der Waals surface area contributed by atoms with Gasteiger partial charge in [0.15, 0.2) is 0 Å². The molecule has 120 valence electrons. The van der Waals surface area contributed by atoms with Crippen LogP contribution >= 0.6 is 11.8 Å². The van der Waals surface area contributed by atoms with Crippen LogP contribution < -0.4 is 0 Å². The Balaban J connectivity index is 3.35. The van der Waals surface area contributed by atoms with E-state index in [0.717, 1.165) is 12.1 Å². The number of thioether (sulfide) groups is 1. The Labute approximate surface area is 127 Å².